The zero-order valence-corrected chi connectivity index (χ0v) is 19.3. The molecule has 0 saturated carbocycles. The van der Waals surface area contributed by atoms with Gasteiger partial charge in [-0.3, -0.25) is 19.8 Å². The van der Waals surface area contributed by atoms with Crippen molar-refractivity contribution in [1.82, 2.24) is 30.0 Å². The van der Waals surface area contributed by atoms with E-state index >= 15 is 0 Å². The number of ether oxygens (including phenoxy) is 1. The molecule has 0 aliphatic carbocycles. The fourth-order valence-corrected chi connectivity index (χ4v) is 4.25. The highest BCUT2D eigenvalue weighted by Crippen LogP contribution is 2.28. The fourth-order valence-electron chi connectivity index (χ4n) is 4.25. The van der Waals surface area contributed by atoms with Crippen molar-refractivity contribution in [1.29, 1.82) is 0 Å². The Kier molecular flexibility index (Phi) is 6.64. The quantitative estimate of drug-likeness (QED) is 0.405. The molecule has 5 heterocycles. The van der Waals surface area contributed by atoms with Gasteiger partial charge in [-0.2, -0.15) is 5.10 Å². The van der Waals surface area contributed by atoms with Gasteiger partial charge in [0.2, 0.25) is 0 Å². The molecular formula is C25H28N7O2+. The largest absolute Gasteiger partial charge is 0.379 e. The molecule has 1 fully saturated rings. The molecule has 0 bridgehead atoms. The average Bonchev–Trinajstić information content (AvgIpc) is 3.35. The number of aryl methyl sites for hydroxylation is 1. The summed E-state index contributed by atoms with van der Waals surface area (Å²) in [4.78, 5) is 29.0. The summed E-state index contributed by atoms with van der Waals surface area (Å²) >= 11 is 0. The topological polar surface area (TPSA) is 101 Å². The van der Waals surface area contributed by atoms with Crippen molar-refractivity contribution < 1.29 is 14.1 Å². The molecule has 0 aromatic carbocycles. The Hall–Kier alpha value is -3.56. The van der Waals surface area contributed by atoms with Crippen LogP contribution in [0.3, 0.4) is 0 Å². The second kappa shape index (κ2) is 10.1. The molecule has 9 heteroatoms. The van der Waals surface area contributed by atoms with Gasteiger partial charge < -0.3 is 4.74 Å². The number of H-pyrrole nitrogens is 1. The number of aromatic nitrogens is 6. The predicted molar refractivity (Wildman–Crippen MR) is 127 cm³/mol. The minimum Gasteiger partial charge on any atom is -0.379 e. The highest BCUT2D eigenvalue weighted by molar-refractivity contribution is 5.80. The van der Waals surface area contributed by atoms with Crippen molar-refractivity contribution in [3.05, 3.63) is 54.6 Å². The lowest BCUT2D eigenvalue weighted by atomic mass is 10.1. The average molecular weight is 459 g/mol. The van der Waals surface area contributed by atoms with Crippen LogP contribution in [0.15, 0.2) is 48.9 Å². The van der Waals surface area contributed by atoms with Gasteiger partial charge in [-0.1, -0.05) is 6.07 Å². The molecule has 1 aliphatic rings. The predicted octanol–water partition coefficient (Wildman–Crippen LogP) is 2.36. The molecule has 9 nitrogen and oxygen atoms in total. The highest BCUT2D eigenvalue weighted by Gasteiger charge is 2.21. The van der Waals surface area contributed by atoms with E-state index in [1.807, 2.05) is 48.0 Å². The number of nitrogens with one attached hydrogen (secondary N) is 1. The van der Waals surface area contributed by atoms with Crippen LogP contribution in [-0.4, -0.2) is 68.7 Å². The first-order chi connectivity index (χ1) is 16.7. The van der Waals surface area contributed by atoms with Crippen LogP contribution in [0.2, 0.25) is 0 Å². The number of aromatic amines is 1. The van der Waals surface area contributed by atoms with Gasteiger partial charge in [0, 0.05) is 25.2 Å². The van der Waals surface area contributed by atoms with E-state index in [1.165, 1.54) is 0 Å². The standard InChI is InChI=1S/C25H27N7O2/c1-18-4-2-6-22(28-18)24-20(16-27-30-24)21-7-8-23-25(29-21)32(11-9-26-23)17-19(33)5-3-10-31-12-14-34-15-13-31/h2,4,6-9,11,16H,3,5,10,12-15,17H2,1H3/p+1. The van der Waals surface area contributed by atoms with Crippen LogP contribution in [0.25, 0.3) is 33.8 Å². The maximum atomic E-state index is 12.7. The number of ketones is 1. The van der Waals surface area contributed by atoms with E-state index < -0.39 is 0 Å². The summed E-state index contributed by atoms with van der Waals surface area (Å²) in [6, 6.07) is 9.73. The summed E-state index contributed by atoms with van der Waals surface area (Å²) in [6.45, 7) is 6.60. The monoisotopic (exact) mass is 458 g/mol. The van der Waals surface area contributed by atoms with Gasteiger partial charge in [-0.25, -0.2) is 9.55 Å². The second-order valence-electron chi connectivity index (χ2n) is 8.51. The Morgan fingerprint density at radius 1 is 1.15 bits per heavy atom. The van der Waals surface area contributed by atoms with Gasteiger partial charge in [0.25, 0.3) is 0 Å². The lowest BCUT2D eigenvalue weighted by molar-refractivity contribution is -0.660. The van der Waals surface area contributed by atoms with E-state index in [-0.39, 0.29) is 12.3 Å². The SMILES string of the molecule is Cc1cccc(-c2[nH]ncc2-c2ccc3ncc[n+](CC(=O)CCCN4CCOCC4)c3n2)n1. The molecule has 174 valence electrons. The third-order valence-electron chi connectivity index (χ3n) is 6.03. The smallest absolute Gasteiger partial charge is 0.349 e. The van der Waals surface area contributed by atoms with Crippen LogP contribution >= 0.6 is 0 Å². The summed E-state index contributed by atoms with van der Waals surface area (Å²) in [5.74, 6) is 0.186. The molecule has 4 aromatic heterocycles. The van der Waals surface area contributed by atoms with Gasteiger partial charge in [0.1, 0.15) is 12.7 Å². The number of Topliss-reactive ketones (excluding diaryl/α,β-unsaturated/α-hetero) is 1. The van der Waals surface area contributed by atoms with Crippen LogP contribution in [-0.2, 0) is 16.1 Å². The summed E-state index contributed by atoms with van der Waals surface area (Å²) < 4.78 is 7.27. The van der Waals surface area contributed by atoms with E-state index in [0.29, 0.717) is 12.1 Å². The molecule has 0 radical (unpaired) electrons. The normalized spacial score (nSPS) is 14.5. The van der Waals surface area contributed by atoms with Gasteiger partial charge in [0.05, 0.1) is 42.6 Å². The Morgan fingerprint density at radius 3 is 2.88 bits per heavy atom. The maximum Gasteiger partial charge on any atom is 0.349 e. The van der Waals surface area contributed by atoms with E-state index in [1.54, 1.807) is 12.4 Å². The maximum absolute atomic E-state index is 12.7. The fraction of sp³-hybridized carbons (Fsp3) is 0.360. The summed E-state index contributed by atoms with van der Waals surface area (Å²) in [5, 5.41) is 7.29. The number of fused-ring (bicyclic) bond motifs is 1. The number of pyridine rings is 2. The molecule has 0 amide bonds. The van der Waals surface area contributed by atoms with Crippen molar-refractivity contribution in [2.75, 3.05) is 32.8 Å². The number of hydrogen-bond acceptors (Lipinski definition) is 7. The van der Waals surface area contributed by atoms with E-state index in [2.05, 4.69) is 25.1 Å². The molecular weight excluding hydrogens is 430 g/mol. The first-order valence-corrected chi connectivity index (χ1v) is 11.6. The number of rotatable bonds is 8. The van der Waals surface area contributed by atoms with Crippen molar-refractivity contribution in [2.24, 2.45) is 0 Å². The Labute approximate surface area is 197 Å². The molecule has 1 saturated heterocycles. The molecule has 1 N–H and O–H groups in total. The zero-order valence-electron chi connectivity index (χ0n) is 19.3. The molecule has 1 aliphatic heterocycles. The van der Waals surface area contributed by atoms with Gasteiger partial charge >= 0.3 is 5.65 Å². The minimum absolute atomic E-state index is 0.186. The van der Waals surface area contributed by atoms with E-state index in [0.717, 1.165) is 73.1 Å². The van der Waals surface area contributed by atoms with Crippen LogP contribution in [0.1, 0.15) is 18.5 Å². The highest BCUT2D eigenvalue weighted by atomic mass is 16.5. The Balaban J connectivity index is 1.35. The minimum atomic E-state index is 0.186. The van der Waals surface area contributed by atoms with Crippen LogP contribution in [0, 0.1) is 6.92 Å². The van der Waals surface area contributed by atoms with Crippen molar-refractivity contribution in [2.45, 2.75) is 26.3 Å². The lowest BCUT2D eigenvalue weighted by Crippen LogP contribution is -2.40. The Morgan fingerprint density at radius 2 is 2.03 bits per heavy atom. The van der Waals surface area contributed by atoms with Gasteiger partial charge in [-0.15, -0.1) is 0 Å². The van der Waals surface area contributed by atoms with Crippen LogP contribution in [0.5, 0.6) is 0 Å². The first kappa shape index (κ1) is 22.2. The van der Waals surface area contributed by atoms with Crippen LogP contribution < -0.4 is 4.57 Å². The number of carbonyl (C=O) groups is 1. The molecule has 0 unspecified atom stereocenters. The van der Waals surface area contributed by atoms with Crippen molar-refractivity contribution in [3.63, 3.8) is 0 Å². The Bertz CT molecular complexity index is 1300. The third-order valence-corrected chi connectivity index (χ3v) is 6.03. The lowest BCUT2D eigenvalue weighted by Gasteiger charge is -2.26. The number of morpholine rings is 1. The molecule has 0 atom stereocenters. The zero-order chi connectivity index (χ0) is 23.3. The second-order valence-corrected chi connectivity index (χ2v) is 8.51. The number of hydrogen-bond donors (Lipinski definition) is 1. The van der Waals surface area contributed by atoms with Crippen LogP contribution in [0.4, 0.5) is 0 Å². The van der Waals surface area contributed by atoms with Gasteiger partial charge in [-0.05, 0) is 49.1 Å². The van der Waals surface area contributed by atoms with E-state index in [9.17, 15) is 4.79 Å². The van der Waals surface area contributed by atoms with E-state index in [4.69, 9.17) is 9.72 Å². The molecule has 0 spiro atoms. The summed E-state index contributed by atoms with van der Waals surface area (Å²) in [7, 11) is 0. The molecule has 34 heavy (non-hydrogen) atoms. The first-order valence-electron chi connectivity index (χ1n) is 11.6. The van der Waals surface area contributed by atoms with Crippen molar-refractivity contribution in [3.8, 4) is 22.6 Å². The number of nitrogens with zero attached hydrogens (tertiary/aromatic N) is 6. The van der Waals surface area contributed by atoms with Gasteiger partial charge in [0.15, 0.2) is 17.0 Å². The molecule has 4 aromatic rings. The van der Waals surface area contributed by atoms with Crippen molar-refractivity contribution >= 4 is 16.9 Å². The third kappa shape index (κ3) is 5.00. The number of carbonyl (C=O) groups excluding carboxylic acids is 1. The summed E-state index contributed by atoms with van der Waals surface area (Å²) in [5.41, 5.74) is 5.57. The summed E-state index contributed by atoms with van der Waals surface area (Å²) in [6.07, 6.45) is 6.68. The molecule has 5 rings (SSSR count).